The van der Waals surface area contributed by atoms with Gasteiger partial charge in [0.2, 0.25) is 0 Å². The molecule has 33 heavy (non-hydrogen) atoms. The molecule has 0 amide bonds. The fourth-order valence-electron chi connectivity index (χ4n) is 6.08. The van der Waals surface area contributed by atoms with Crippen molar-refractivity contribution in [2.45, 2.75) is 33.6 Å². The van der Waals surface area contributed by atoms with Gasteiger partial charge in [0.05, 0.1) is 36.7 Å². The van der Waals surface area contributed by atoms with Crippen LogP contribution in [0.3, 0.4) is 0 Å². The summed E-state index contributed by atoms with van der Waals surface area (Å²) in [6, 6.07) is 11.8. The van der Waals surface area contributed by atoms with E-state index in [0.29, 0.717) is 31.1 Å². The van der Waals surface area contributed by atoms with E-state index in [1.54, 1.807) is 6.92 Å². The molecule has 2 aromatic carbocycles. The molecule has 1 spiro atoms. The molecule has 5 rings (SSSR count). The molecule has 0 unspecified atom stereocenters. The van der Waals surface area contributed by atoms with Crippen molar-refractivity contribution >= 4 is 17.7 Å². The van der Waals surface area contributed by atoms with Crippen LogP contribution in [0.4, 0.5) is 0 Å². The number of carbonyl (C=O) groups excluding carboxylic acids is 2. The predicted octanol–water partition coefficient (Wildman–Crippen LogP) is 5.04. The quantitative estimate of drug-likeness (QED) is 0.488. The van der Waals surface area contributed by atoms with Crippen LogP contribution in [-0.4, -0.2) is 31.8 Å². The number of hydrogen-bond acceptors (Lipinski definition) is 5. The molecule has 3 atom stereocenters. The zero-order valence-corrected chi connectivity index (χ0v) is 19.5. The van der Waals surface area contributed by atoms with Crippen molar-refractivity contribution in [1.29, 1.82) is 0 Å². The second kappa shape index (κ2) is 7.70. The van der Waals surface area contributed by atoms with Crippen molar-refractivity contribution in [3.63, 3.8) is 0 Å². The smallest absolute Gasteiger partial charge is 0.344 e. The zero-order chi connectivity index (χ0) is 23.5. The Morgan fingerprint density at radius 3 is 2.55 bits per heavy atom. The topological polar surface area (TPSA) is 61.8 Å². The number of hydrogen-bond donors (Lipinski definition) is 0. The molecule has 2 fully saturated rings. The normalized spacial score (nSPS) is 25.0. The molecule has 2 aliphatic carbocycles. The second-order valence-corrected chi connectivity index (χ2v) is 9.25. The highest BCUT2D eigenvalue weighted by Gasteiger charge is 2.67. The summed E-state index contributed by atoms with van der Waals surface area (Å²) in [5.41, 5.74) is 6.39. The summed E-state index contributed by atoms with van der Waals surface area (Å²) < 4.78 is 17.5. The van der Waals surface area contributed by atoms with E-state index in [0.717, 1.165) is 39.0 Å². The van der Waals surface area contributed by atoms with Gasteiger partial charge in [-0.1, -0.05) is 48.5 Å². The van der Waals surface area contributed by atoms with Gasteiger partial charge in [-0.15, -0.1) is 0 Å². The lowest BCUT2D eigenvalue weighted by Gasteiger charge is -2.56. The lowest BCUT2D eigenvalue weighted by atomic mass is 9.44. The van der Waals surface area contributed by atoms with E-state index in [9.17, 15) is 9.59 Å². The van der Waals surface area contributed by atoms with Gasteiger partial charge in [0.25, 0.3) is 0 Å². The van der Waals surface area contributed by atoms with Gasteiger partial charge < -0.3 is 14.2 Å². The highest BCUT2D eigenvalue weighted by atomic mass is 16.5. The molecule has 1 saturated carbocycles. The maximum Gasteiger partial charge on any atom is 0.344 e. The molecule has 170 valence electrons. The molecule has 0 bridgehead atoms. The van der Waals surface area contributed by atoms with Crippen LogP contribution in [0.15, 0.2) is 54.1 Å². The van der Waals surface area contributed by atoms with E-state index in [-0.39, 0.29) is 17.9 Å². The molecule has 1 heterocycles. The molecule has 1 saturated heterocycles. The fraction of sp³-hybridized carbons (Fsp3) is 0.357. The molecule has 1 aliphatic heterocycles. The molecule has 3 aliphatic rings. The number of benzene rings is 2. The Balaban J connectivity index is 1.62. The van der Waals surface area contributed by atoms with Crippen molar-refractivity contribution in [2.75, 3.05) is 19.8 Å². The predicted molar refractivity (Wildman–Crippen MR) is 125 cm³/mol. The molecular weight excluding hydrogens is 416 g/mol. The number of aryl methyl sites for hydroxylation is 3. The van der Waals surface area contributed by atoms with Crippen LogP contribution in [0.5, 0.6) is 0 Å². The average molecular weight is 445 g/mol. The minimum absolute atomic E-state index is 0.136. The first-order valence-electron chi connectivity index (χ1n) is 11.4. The van der Waals surface area contributed by atoms with E-state index in [1.807, 2.05) is 57.2 Å². The van der Waals surface area contributed by atoms with Crippen molar-refractivity contribution in [3.8, 4) is 0 Å². The standard InChI is InChI=1S/C28H28O5/c1-6-32-26(29)23-18(5)28-14-31-13-21(28)25(20-10-8-7-9-19(20)24(23)28)33-27(30)22-16(3)11-15(2)12-17(22)4/h7-12,23-24H,5-6,13-14H2,1-4H3/t23-,24+,28+/m0/s1. The monoisotopic (exact) mass is 444 g/mol. The number of ether oxygens (including phenoxy) is 3. The van der Waals surface area contributed by atoms with Crippen LogP contribution in [-0.2, 0) is 19.0 Å². The van der Waals surface area contributed by atoms with Gasteiger partial charge in [-0.2, -0.15) is 0 Å². The van der Waals surface area contributed by atoms with E-state index in [4.69, 9.17) is 14.2 Å². The van der Waals surface area contributed by atoms with Gasteiger partial charge in [0.15, 0.2) is 0 Å². The largest absolute Gasteiger partial charge is 0.466 e. The summed E-state index contributed by atoms with van der Waals surface area (Å²) in [6.45, 7) is 13.0. The van der Waals surface area contributed by atoms with Gasteiger partial charge in [-0.25, -0.2) is 4.79 Å². The summed E-state index contributed by atoms with van der Waals surface area (Å²) in [7, 11) is 0. The lowest BCUT2D eigenvalue weighted by molar-refractivity contribution is -0.152. The van der Waals surface area contributed by atoms with Crippen molar-refractivity contribution in [2.24, 2.45) is 11.3 Å². The molecule has 5 nitrogen and oxygen atoms in total. The maximum atomic E-state index is 13.4. The average Bonchev–Trinajstić information content (AvgIpc) is 3.22. The van der Waals surface area contributed by atoms with Crippen LogP contribution < -0.4 is 0 Å². The Morgan fingerprint density at radius 1 is 1.15 bits per heavy atom. The highest BCUT2D eigenvalue weighted by Crippen LogP contribution is 2.70. The number of fused-ring (bicyclic) bond motifs is 2. The number of rotatable bonds is 4. The Hall–Kier alpha value is -3.18. The van der Waals surface area contributed by atoms with Gasteiger partial charge in [0, 0.05) is 17.1 Å². The first kappa shape index (κ1) is 21.7. The van der Waals surface area contributed by atoms with Crippen LogP contribution in [0.25, 0.3) is 5.76 Å². The molecule has 5 heteroatoms. The Labute approximate surface area is 194 Å². The molecule has 0 aromatic heterocycles. The molecular formula is C28H28O5. The minimum atomic E-state index is -0.543. The summed E-state index contributed by atoms with van der Waals surface area (Å²) >= 11 is 0. The fourth-order valence-corrected chi connectivity index (χ4v) is 6.08. The third-order valence-electron chi connectivity index (χ3n) is 7.36. The number of esters is 2. The van der Waals surface area contributed by atoms with E-state index < -0.39 is 11.3 Å². The van der Waals surface area contributed by atoms with Gasteiger partial charge in [-0.3, -0.25) is 4.79 Å². The van der Waals surface area contributed by atoms with Crippen molar-refractivity contribution in [3.05, 3.63) is 87.5 Å². The van der Waals surface area contributed by atoms with E-state index in [2.05, 4.69) is 6.58 Å². The molecule has 0 radical (unpaired) electrons. The van der Waals surface area contributed by atoms with Crippen LogP contribution in [0, 0.1) is 32.1 Å². The third kappa shape index (κ3) is 2.95. The highest BCUT2D eigenvalue weighted by molar-refractivity contribution is 5.97. The summed E-state index contributed by atoms with van der Waals surface area (Å²) in [5.74, 6) is -0.669. The second-order valence-electron chi connectivity index (χ2n) is 9.25. The van der Waals surface area contributed by atoms with Gasteiger partial charge >= 0.3 is 11.9 Å². The summed E-state index contributed by atoms with van der Waals surface area (Å²) in [6.07, 6.45) is 0. The zero-order valence-electron chi connectivity index (χ0n) is 19.5. The van der Waals surface area contributed by atoms with Crippen molar-refractivity contribution in [1.82, 2.24) is 0 Å². The van der Waals surface area contributed by atoms with E-state index >= 15 is 0 Å². The Morgan fingerprint density at radius 2 is 1.85 bits per heavy atom. The van der Waals surface area contributed by atoms with Gasteiger partial charge in [0.1, 0.15) is 5.76 Å². The third-order valence-corrected chi connectivity index (χ3v) is 7.36. The molecule has 2 aromatic rings. The lowest BCUT2D eigenvalue weighted by Crippen LogP contribution is -2.55. The number of carbonyl (C=O) groups is 2. The molecule has 0 N–H and O–H groups in total. The first-order chi connectivity index (χ1) is 15.8. The minimum Gasteiger partial charge on any atom is -0.466 e. The van der Waals surface area contributed by atoms with E-state index in [1.165, 1.54) is 0 Å². The summed E-state index contributed by atoms with van der Waals surface area (Å²) in [5, 5.41) is 0. The summed E-state index contributed by atoms with van der Waals surface area (Å²) in [4.78, 5) is 26.2. The van der Waals surface area contributed by atoms with Crippen LogP contribution in [0.2, 0.25) is 0 Å². The van der Waals surface area contributed by atoms with Crippen LogP contribution >= 0.6 is 0 Å². The van der Waals surface area contributed by atoms with Crippen LogP contribution in [0.1, 0.15) is 51.0 Å². The SMILES string of the molecule is C=C1[C@H](C(=O)OCC)[C@H]2c3ccccc3C(OC(=O)c3c(C)cc(C)cc3C)=C3COC[C@@]132. The van der Waals surface area contributed by atoms with Crippen molar-refractivity contribution < 1.29 is 23.8 Å². The van der Waals surface area contributed by atoms with Gasteiger partial charge in [-0.05, 0) is 50.0 Å². The first-order valence-corrected chi connectivity index (χ1v) is 11.4. The maximum absolute atomic E-state index is 13.4. The Bertz CT molecular complexity index is 1210. The Kier molecular flexibility index (Phi) is 5.05.